The molecule has 1 amide bonds. The fourth-order valence-corrected chi connectivity index (χ4v) is 2.13. The molecule has 16 heavy (non-hydrogen) atoms. The van der Waals surface area contributed by atoms with E-state index in [9.17, 15) is 4.79 Å². The highest BCUT2D eigenvalue weighted by atomic mass is 35.5. The van der Waals surface area contributed by atoms with Crippen molar-refractivity contribution in [2.75, 3.05) is 0 Å². The van der Waals surface area contributed by atoms with E-state index in [-0.39, 0.29) is 17.5 Å². The summed E-state index contributed by atoms with van der Waals surface area (Å²) in [5, 5.41) is 13.6. The van der Waals surface area contributed by atoms with E-state index < -0.39 is 5.91 Å². The molecule has 2 heterocycles. The fourth-order valence-electron chi connectivity index (χ4n) is 1.08. The van der Waals surface area contributed by atoms with Gasteiger partial charge in [-0.25, -0.2) is 9.67 Å². The van der Waals surface area contributed by atoms with Crippen molar-refractivity contribution in [1.82, 2.24) is 14.8 Å². The minimum atomic E-state index is -0.608. The molecule has 0 fully saturated rings. The lowest BCUT2D eigenvalue weighted by molar-refractivity contribution is 0.0995. The second kappa shape index (κ2) is 4.20. The largest absolute Gasteiger partial charge is 0.391 e. The van der Waals surface area contributed by atoms with Crippen LogP contribution in [0.1, 0.15) is 15.4 Å². The molecule has 0 spiro atoms. The molecule has 0 aliphatic rings. The molecule has 8 heteroatoms. The maximum atomic E-state index is 10.8. The summed E-state index contributed by atoms with van der Waals surface area (Å²) in [6.07, 6.45) is 1.55. The Morgan fingerprint density at radius 1 is 1.69 bits per heavy atom. The zero-order valence-electron chi connectivity index (χ0n) is 7.92. The summed E-state index contributed by atoms with van der Waals surface area (Å²) in [5.74, 6) is -0.608. The highest BCUT2D eigenvalue weighted by molar-refractivity contribution is 7.14. The number of carbonyl (C=O) groups is 1. The van der Waals surface area contributed by atoms with Crippen molar-refractivity contribution in [1.29, 1.82) is 0 Å². The summed E-state index contributed by atoms with van der Waals surface area (Å²) < 4.78 is 1.38. The van der Waals surface area contributed by atoms with Gasteiger partial charge in [0.15, 0.2) is 0 Å². The molecule has 2 aromatic rings. The Kier molecular flexibility index (Phi) is 2.90. The van der Waals surface area contributed by atoms with E-state index in [0.29, 0.717) is 10.0 Å². The summed E-state index contributed by atoms with van der Waals surface area (Å²) in [7, 11) is 0. The molecule has 2 rings (SSSR count). The van der Waals surface area contributed by atoms with Crippen LogP contribution in [0.5, 0.6) is 0 Å². The van der Waals surface area contributed by atoms with Crippen molar-refractivity contribution < 1.29 is 9.90 Å². The third-order valence-electron chi connectivity index (χ3n) is 1.82. The van der Waals surface area contributed by atoms with Gasteiger partial charge in [-0.05, 0) is 6.07 Å². The molecular formula is C8H7ClN4O2S. The number of thiazole rings is 1. The molecule has 0 unspecified atom stereocenters. The Morgan fingerprint density at radius 3 is 2.94 bits per heavy atom. The molecule has 0 aliphatic heterocycles. The lowest BCUT2D eigenvalue weighted by Crippen LogP contribution is -2.12. The summed E-state index contributed by atoms with van der Waals surface area (Å²) in [5.41, 5.74) is 5.22. The van der Waals surface area contributed by atoms with Gasteiger partial charge in [0.1, 0.15) is 10.8 Å². The van der Waals surface area contributed by atoms with Gasteiger partial charge in [0.05, 0.1) is 11.5 Å². The summed E-state index contributed by atoms with van der Waals surface area (Å²) >= 11 is 6.96. The maximum Gasteiger partial charge on any atom is 0.269 e. The van der Waals surface area contributed by atoms with Gasteiger partial charge in [0.25, 0.3) is 5.91 Å². The van der Waals surface area contributed by atoms with Crippen molar-refractivity contribution in [3.63, 3.8) is 0 Å². The Bertz CT molecular complexity index is 536. The van der Waals surface area contributed by atoms with Crippen molar-refractivity contribution in [2.45, 2.75) is 6.61 Å². The minimum Gasteiger partial charge on any atom is -0.391 e. The zero-order chi connectivity index (χ0) is 11.7. The molecule has 3 N–H and O–H groups in total. The number of halogens is 1. The second-order valence-electron chi connectivity index (χ2n) is 2.88. The van der Waals surface area contributed by atoms with Gasteiger partial charge >= 0.3 is 0 Å². The predicted octanol–water partition coefficient (Wildman–Crippen LogP) is 0.573. The monoisotopic (exact) mass is 258 g/mol. The first kappa shape index (κ1) is 11.1. The molecule has 84 valence electrons. The number of primary amides is 1. The van der Waals surface area contributed by atoms with Crippen LogP contribution in [0.3, 0.4) is 0 Å². The first-order chi connectivity index (χ1) is 7.61. The Morgan fingerprint density at radius 2 is 2.44 bits per heavy atom. The van der Waals surface area contributed by atoms with E-state index in [2.05, 4.69) is 10.1 Å². The lowest BCUT2D eigenvalue weighted by atomic mass is 10.4. The number of amides is 1. The average Bonchev–Trinajstić information content (AvgIpc) is 2.83. The molecular weight excluding hydrogens is 252 g/mol. The maximum absolute atomic E-state index is 10.8. The fraction of sp³-hybridized carbons (Fsp3) is 0.125. The summed E-state index contributed by atoms with van der Waals surface area (Å²) in [4.78, 5) is 15.4. The normalized spacial score (nSPS) is 10.6. The van der Waals surface area contributed by atoms with Crippen LogP contribution in [-0.2, 0) is 6.61 Å². The molecule has 0 atom stereocenters. The number of aliphatic hydroxyl groups excluding tert-OH is 1. The number of carbonyl (C=O) groups excluding carboxylic acids is 1. The van der Waals surface area contributed by atoms with E-state index in [0.717, 1.165) is 0 Å². The SMILES string of the molecule is NC(=O)c1ccn(-c2nc(Cl)c(CO)s2)n1. The van der Waals surface area contributed by atoms with E-state index in [1.165, 1.54) is 22.1 Å². The van der Waals surface area contributed by atoms with E-state index in [1.807, 2.05) is 0 Å². The van der Waals surface area contributed by atoms with E-state index in [1.54, 1.807) is 6.20 Å². The van der Waals surface area contributed by atoms with Crippen LogP contribution in [0.25, 0.3) is 5.13 Å². The van der Waals surface area contributed by atoms with Gasteiger partial charge in [-0.2, -0.15) is 5.10 Å². The van der Waals surface area contributed by atoms with Crippen molar-refractivity contribution in [3.05, 3.63) is 28.0 Å². The third-order valence-corrected chi connectivity index (χ3v) is 3.27. The third kappa shape index (κ3) is 1.92. The van der Waals surface area contributed by atoms with Crippen LogP contribution in [0.4, 0.5) is 0 Å². The Balaban J connectivity index is 2.38. The van der Waals surface area contributed by atoms with Crippen molar-refractivity contribution >= 4 is 28.8 Å². The molecule has 0 aromatic carbocycles. The number of rotatable bonds is 3. The van der Waals surface area contributed by atoms with Gasteiger partial charge in [0, 0.05) is 6.20 Å². The predicted molar refractivity (Wildman–Crippen MR) is 58.7 cm³/mol. The average molecular weight is 259 g/mol. The molecule has 6 nitrogen and oxygen atoms in total. The number of aliphatic hydroxyl groups is 1. The van der Waals surface area contributed by atoms with E-state index in [4.69, 9.17) is 22.4 Å². The van der Waals surface area contributed by atoms with E-state index >= 15 is 0 Å². The van der Waals surface area contributed by atoms with Crippen LogP contribution in [0.15, 0.2) is 12.3 Å². The standard InChI is InChI=1S/C8H7ClN4O2S/c9-6-5(3-14)16-8(11-6)13-2-1-4(12-13)7(10)15/h1-2,14H,3H2,(H2,10,15). The highest BCUT2D eigenvalue weighted by Gasteiger charge is 2.12. The van der Waals surface area contributed by atoms with Gasteiger partial charge < -0.3 is 10.8 Å². The van der Waals surface area contributed by atoms with Crippen molar-refractivity contribution in [2.24, 2.45) is 5.73 Å². The first-order valence-corrected chi connectivity index (χ1v) is 5.43. The minimum absolute atomic E-state index is 0.150. The van der Waals surface area contributed by atoms with Crippen LogP contribution in [-0.4, -0.2) is 25.8 Å². The quantitative estimate of drug-likeness (QED) is 0.842. The summed E-state index contributed by atoms with van der Waals surface area (Å²) in [6, 6.07) is 1.48. The topological polar surface area (TPSA) is 94.0 Å². The first-order valence-electron chi connectivity index (χ1n) is 4.23. The van der Waals surface area contributed by atoms with Gasteiger partial charge in [-0.15, -0.1) is 0 Å². The van der Waals surface area contributed by atoms with Crippen LogP contribution in [0.2, 0.25) is 5.15 Å². The Labute approximate surface area is 99.3 Å². The van der Waals surface area contributed by atoms with Gasteiger partial charge in [-0.3, -0.25) is 4.79 Å². The molecule has 0 radical (unpaired) electrons. The smallest absolute Gasteiger partial charge is 0.269 e. The van der Waals surface area contributed by atoms with Crippen LogP contribution >= 0.6 is 22.9 Å². The number of nitrogens with two attached hydrogens (primary N) is 1. The number of hydrogen-bond acceptors (Lipinski definition) is 5. The molecule has 0 aliphatic carbocycles. The molecule has 2 aromatic heterocycles. The zero-order valence-corrected chi connectivity index (χ0v) is 9.49. The Hall–Kier alpha value is -1.44. The molecule has 0 saturated carbocycles. The van der Waals surface area contributed by atoms with Crippen molar-refractivity contribution in [3.8, 4) is 5.13 Å². The highest BCUT2D eigenvalue weighted by Crippen LogP contribution is 2.25. The van der Waals surface area contributed by atoms with Gasteiger partial charge in [0.2, 0.25) is 5.13 Å². The molecule has 0 bridgehead atoms. The summed E-state index contributed by atoms with van der Waals surface area (Å²) in [6.45, 7) is -0.180. The van der Waals surface area contributed by atoms with Crippen LogP contribution < -0.4 is 5.73 Å². The number of nitrogens with zero attached hydrogens (tertiary/aromatic N) is 3. The van der Waals surface area contributed by atoms with Gasteiger partial charge in [-0.1, -0.05) is 22.9 Å². The lowest BCUT2D eigenvalue weighted by Gasteiger charge is -1.92. The second-order valence-corrected chi connectivity index (χ2v) is 4.30. The van der Waals surface area contributed by atoms with Crippen LogP contribution in [0, 0.1) is 0 Å². The number of aromatic nitrogens is 3. The molecule has 0 saturated heterocycles. The number of hydrogen-bond donors (Lipinski definition) is 2.